The minimum Gasteiger partial charge on any atom is -0.489 e. The number of hydrogen-bond donors (Lipinski definition) is 1. The van der Waals surface area contributed by atoms with Crippen LogP contribution in [-0.4, -0.2) is 24.8 Å². The third-order valence-corrected chi connectivity index (χ3v) is 4.98. The van der Waals surface area contributed by atoms with Gasteiger partial charge in [0, 0.05) is 6.54 Å². The van der Waals surface area contributed by atoms with Crippen LogP contribution in [0.25, 0.3) is 11.1 Å². The van der Waals surface area contributed by atoms with Crippen LogP contribution in [0.3, 0.4) is 0 Å². The molecule has 0 unspecified atom stereocenters. The average molecular weight is 462 g/mol. The van der Waals surface area contributed by atoms with Gasteiger partial charge in [-0.3, -0.25) is 4.79 Å². The summed E-state index contributed by atoms with van der Waals surface area (Å²) in [6.07, 6.45) is -0.165. The van der Waals surface area contributed by atoms with Crippen LogP contribution >= 0.6 is 0 Å². The number of nitrogens with one attached hydrogen (secondary N) is 1. The summed E-state index contributed by atoms with van der Waals surface area (Å²) in [5.74, 6) is 0.510. The van der Waals surface area contributed by atoms with Gasteiger partial charge in [-0.15, -0.1) is 0 Å². The quantitative estimate of drug-likeness (QED) is 0.437. The van der Waals surface area contributed by atoms with Crippen LogP contribution in [0.15, 0.2) is 72.8 Å². The molecule has 0 bridgehead atoms. The van der Waals surface area contributed by atoms with Gasteiger partial charge in [0.15, 0.2) is 0 Å². The number of hydrogen-bond acceptors (Lipinski definition) is 5. The molecule has 0 atom stereocenters. The number of ether oxygens (including phenoxy) is 3. The molecular formula is C28H31NO5. The van der Waals surface area contributed by atoms with Crippen molar-refractivity contribution in [2.24, 2.45) is 0 Å². The Kier molecular flexibility index (Phi) is 8.30. The highest BCUT2D eigenvalue weighted by molar-refractivity contribution is 5.73. The standard InChI is InChI=1S/C28H31NO5/c1-28(2,3)34-27(31)29-18-21-9-15-25(16-10-21)33-19-22-7-13-24(14-8-22)23-11-5-20(6-12-23)17-26(30)32-4/h5-16H,17-19H2,1-4H3,(H,29,31). The Morgan fingerprint density at radius 3 is 1.82 bits per heavy atom. The van der Waals surface area contributed by atoms with Crippen LogP contribution in [0, 0.1) is 0 Å². The molecule has 1 N–H and O–H groups in total. The first-order valence-electron chi connectivity index (χ1n) is 11.2. The molecule has 0 spiro atoms. The first-order valence-corrected chi connectivity index (χ1v) is 11.2. The summed E-state index contributed by atoms with van der Waals surface area (Å²) in [6, 6.07) is 23.7. The lowest BCUT2D eigenvalue weighted by Crippen LogP contribution is -2.32. The largest absolute Gasteiger partial charge is 0.489 e. The molecule has 0 radical (unpaired) electrons. The fourth-order valence-corrected chi connectivity index (χ4v) is 3.21. The van der Waals surface area contributed by atoms with Crippen LogP contribution in [0.4, 0.5) is 4.79 Å². The highest BCUT2D eigenvalue weighted by Crippen LogP contribution is 2.22. The molecular weight excluding hydrogens is 430 g/mol. The van der Waals surface area contributed by atoms with Gasteiger partial charge in [0.25, 0.3) is 0 Å². The monoisotopic (exact) mass is 461 g/mol. The SMILES string of the molecule is COC(=O)Cc1ccc(-c2ccc(COc3ccc(CNC(=O)OC(C)(C)C)cc3)cc2)cc1. The Labute approximate surface area is 200 Å². The Bertz CT molecular complexity index is 1080. The van der Waals surface area contributed by atoms with Crippen LogP contribution < -0.4 is 10.1 Å². The normalized spacial score (nSPS) is 10.9. The van der Waals surface area contributed by atoms with Gasteiger partial charge in [-0.25, -0.2) is 4.79 Å². The fraction of sp³-hybridized carbons (Fsp3) is 0.286. The summed E-state index contributed by atoms with van der Waals surface area (Å²) < 4.78 is 15.8. The van der Waals surface area contributed by atoms with E-state index in [1.165, 1.54) is 7.11 Å². The van der Waals surface area contributed by atoms with Crippen LogP contribution in [0.2, 0.25) is 0 Å². The molecule has 3 rings (SSSR count). The summed E-state index contributed by atoms with van der Waals surface area (Å²) in [6.45, 7) is 6.34. The molecule has 0 aromatic heterocycles. The number of amides is 1. The van der Waals surface area contributed by atoms with Crippen molar-refractivity contribution in [3.05, 3.63) is 89.5 Å². The zero-order valence-corrected chi connectivity index (χ0v) is 20.1. The van der Waals surface area contributed by atoms with Crippen LogP contribution in [0.1, 0.15) is 37.5 Å². The number of methoxy groups -OCH3 is 1. The third kappa shape index (κ3) is 7.96. The van der Waals surface area contributed by atoms with E-state index in [9.17, 15) is 9.59 Å². The van der Waals surface area contributed by atoms with Gasteiger partial charge in [0.2, 0.25) is 0 Å². The molecule has 0 saturated heterocycles. The molecule has 178 valence electrons. The van der Waals surface area contributed by atoms with E-state index in [1.54, 1.807) is 0 Å². The molecule has 34 heavy (non-hydrogen) atoms. The lowest BCUT2D eigenvalue weighted by atomic mass is 10.0. The molecule has 0 fully saturated rings. The molecule has 0 saturated carbocycles. The first-order chi connectivity index (χ1) is 16.2. The van der Waals surface area contributed by atoms with Crippen molar-refractivity contribution in [1.29, 1.82) is 0 Å². The van der Waals surface area contributed by atoms with Crippen molar-refractivity contribution < 1.29 is 23.8 Å². The number of alkyl carbamates (subject to hydrolysis) is 1. The van der Waals surface area contributed by atoms with E-state index in [1.807, 2.05) is 81.4 Å². The lowest BCUT2D eigenvalue weighted by molar-refractivity contribution is -0.139. The predicted molar refractivity (Wildman–Crippen MR) is 131 cm³/mol. The number of benzene rings is 3. The maximum absolute atomic E-state index is 11.8. The fourth-order valence-electron chi connectivity index (χ4n) is 3.21. The van der Waals surface area contributed by atoms with E-state index >= 15 is 0 Å². The minimum absolute atomic E-state index is 0.246. The summed E-state index contributed by atoms with van der Waals surface area (Å²) in [5, 5.41) is 2.74. The molecule has 1 amide bonds. The molecule has 3 aromatic rings. The molecule has 0 heterocycles. The zero-order chi connectivity index (χ0) is 24.6. The lowest BCUT2D eigenvalue weighted by Gasteiger charge is -2.19. The second kappa shape index (κ2) is 11.4. The number of carbonyl (C=O) groups excluding carboxylic acids is 2. The molecule has 0 aliphatic heterocycles. The summed E-state index contributed by atoms with van der Waals surface area (Å²) in [5.41, 5.74) is 4.59. The summed E-state index contributed by atoms with van der Waals surface area (Å²) in [7, 11) is 1.39. The highest BCUT2D eigenvalue weighted by Gasteiger charge is 2.15. The minimum atomic E-state index is -0.518. The van der Waals surface area contributed by atoms with Gasteiger partial charge in [-0.2, -0.15) is 0 Å². The molecule has 0 aliphatic carbocycles. The van der Waals surface area contributed by atoms with Gasteiger partial charge in [0.1, 0.15) is 18.0 Å². The Morgan fingerprint density at radius 2 is 1.29 bits per heavy atom. The summed E-state index contributed by atoms with van der Waals surface area (Å²) in [4.78, 5) is 23.2. The van der Waals surface area contributed by atoms with Crippen molar-refractivity contribution >= 4 is 12.1 Å². The van der Waals surface area contributed by atoms with Gasteiger partial charge < -0.3 is 19.5 Å². The highest BCUT2D eigenvalue weighted by atomic mass is 16.6. The number of esters is 1. The first kappa shape index (κ1) is 24.8. The zero-order valence-electron chi connectivity index (χ0n) is 20.1. The summed E-state index contributed by atoms with van der Waals surface area (Å²) >= 11 is 0. The van der Waals surface area contributed by atoms with E-state index in [0.29, 0.717) is 13.2 Å². The van der Waals surface area contributed by atoms with Crippen LogP contribution in [-0.2, 0) is 33.8 Å². The van der Waals surface area contributed by atoms with Crippen molar-refractivity contribution in [2.75, 3.05) is 7.11 Å². The predicted octanol–water partition coefficient (Wildman–Crippen LogP) is 5.67. The molecule has 0 aliphatic rings. The van der Waals surface area contributed by atoms with Crippen LogP contribution in [0.5, 0.6) is 5.75 Å². The van der Waals surface area contributed by atoms with Gasteiger partial charge in [0.05, 0.1) is 13.5 Å². The van der Waals surface area contributed by atoms with E-state index < -0.39 is 11.7 Å². The molecule has 6 nitrogen and oxygen atoms in total. The smallest absolute Gasteiger partial charge is 0.407 e. The third-order valence-electron chi connectivity index (χ3n) is 4.98. The number of rotatable bonds is 8. The van der Waals surface area contributed by atoms with E-state index in [-0.39, 0.29) is 12.4 Å². The average Bonchev–Trinajstić information content (AvgIpc) is 2.82. The van der Waals surface area contributed by atoms with Gasteiger partial charge in [-0.1, -0.05) is 60.7 Å². The van der Waals surface area contributed by atoms with Crippen molar-refractivity contribution in [1.82, 2.24) is 5.32 Å². The maximum Gasteiger partial charge on any atom is 0.407 e. The van der Waals surface area contributed by atoms with Gasteiger partial charge in [-0.05, 0) is 60.7 Å². The van der Waals surface area contributed by atoms with E-state index in [0.717, 1.165) is 33.6 Å². The van der Waals surface area contributed by atoms with Crippen molar-refractivity contribution in [3.8, 4) is 16.9 Å². The second-order valence-electron chi connectivity index (χ2n) is 8.93. The molecule has 6 heteroatoms. The Hall–Kier alpha value is -3.80. The van der Waals surface area contributed by atoms with Gasteiger partial charge >= 0.3 is 12.1 Å². The number of carbonyl (C=O) groups is 2. The Morgan fingerprint density at radius 1 is 0.765 bits per heavy atom. The van der Waals surface area contributed by atoms with E-state index in [4.69, 9.17) is 14.2 Å². The maximum atomic E-state index is 11.8. The van der Waals surface area contributed by atoms with Crippen molar-refractivity contribution in [2.45, 2.75) is 45.9 Å². The van der Waals surface area contributed by atoms with Crippen molar-refractivity contribution in [3.63, 3.8) is 0 Å². The van der Waals surface area contributed by atoms with E-state index in [2.05, 4.69) is 17.4 Å². The molecule has 3 aromatic carbocycles. The Balaban J connectivity index is 1.48. The second-order valence-corrected chi connectivity index (χ2v) is 8.93. The topological polar surface area (TPSA) is 73.9 Å².